The number of anilines is 1. The zero-order valence-electron chi connectivity index (χ0n) is 9.35. The summed E-state index contributed by atoms with van der Waals surface area (Å²) in [6.45, 7) is 1.69. The van der Waals surface area contributed by atoms with Crippen LogP contribution in [-0.2, 0) is 9.84 Å². The lowest BCUT2D eigenvalue weighted by molar-refractivity contribution is 0.147. The van der Waals surface area contributed by atoms with Gasteiger partial charge in [-0.2, -0.15) is 0 Å². The summed E-state index contributed by atoms with van der Waals surface area (Å²) in [5.74, 6) is -0.298. The van der Waals surface area contributed by atoms with Crippen LogP contribution < -0.4 is 5.32 Å². The summed E-state index contributed by atoms with van der Waals surface area (Å²) in [7, 11) is -3.19. The van der Waals surface area contributed by atoms with E-state index in [0.29, 0.717) is 10.7 Å². The molecule has 1 aromatic rings. The molecular weight excluding hydrogens is 262 g/mol. The molecule has 2 atom stereocenters. The van der Waals surface area contributed by atoms with E-state index in [-0.39, 0.29) is 11.5 Å². The molecule has 1 aromatic carbocycles. The van der Waals surface area contributed by atoms with E-state index in [9.17, 15) is 13.5 Å². The summed E-state index contributed by atoms with van der Waals surface area (Å²) in [6, 6.07) is 7.05. The average Bonchev–Trinajstić information content (AvgIpc) is 2.39. The number of aliphatic hydroxyl groups is 1. The van der Waals surface area contributed by atoms with E-state index in [4.69, 9.17) is 11.6 Å². The summed E-state index contributed by atoms with van der Waals surface area (Å²) >= 11 is 5.99. The average molecular weight is 276 g/mol. The molecule has 1 aliphatic heterocycles. The zero-order chi connectivity index (χ0) is 12.7. The Labute approximate surface area is 106 Å². The minimum Gasteiger partial charge on any atom is -0.390 e. The van der Waals surface area contributed by atoms with Crippen molar-refractivity contribution in [3.05, 3.63) is 29.3 Å². The van der Waals surface area contributed by atoms with Crippen molar-refractivity contribution in [3.63, 3.8) is 0 Å². The highest BCUT2D eigenvalue weighted by molar-refractivity contribution is 7.91. The minimum absolute atomic E-state index is 0.0909. The summed E-state index contributed by atoms with van der Waals surface area (Å²) in [5, 5.41) is 13.4. The van der Waals surface area contributed by atoms with E-state index in [2.05, 4.69) is 5.32 Å². The molecule has 0 radical (unpaired) electrons. The highest BCUT2D eigenvalue weighted by Gasteiger charge is 2.46. The first-order valence-corrected chi connectivity index (χ1v) is 7.44. The Balaban J connectivity index is 2.27. The third-order valence-corrected chi connectivity index (χ3v) is 5.15. The zero-order valence-corrected chi connectivity index (χ0v) is 10.9. The molecule has 0 amide bonds. The van der Waals surface area contributed by atoms with Crippen LogP contribution in [0.1, 0.15) is 6.92 Å². The maximum Gasteiger partial charge on any atom is 0.155 e. The van der Waals surface area contributed by atoms with Crippen LogP contribution in [0.25, 0.3) is 0 Å². The Bertz CT molecular complexity index is 531. The van der Waals surface area contributed by atoms with Gasteiger partial charge in [0.15, 0.2) is 9.84 Å². The third-order valence-electron chi connectivity index (χ3n) is 2.96. The van der Waals surface area contributed by atoms with Crippen LogP contribution in [0.5, 0.6) is 0 Å². The molecule has 0 unspecified atom stereocenters. The van der Waals surface area contributed by atoms with Crippen molar-refractivity contribution in [2.75, 3.05) is 16.8 Å². The van der Waals surface area contributed by atoms with Crippen LogP contribution in [0.4, 0.5) is 5.69 Å². The summed E-state index contributed by atoms with van der Waals surface area (Å²) in [6.07, 6.45) is -0.927. The van der Waals surface area contributed by atoms with Crippen molar-refractivity contribution in [1.82, 2.24) is 0 Å². The highest BCUT2D eigenvalue weighted by Crippen LogP contribution is 2.31. The van der Waals surface area contributed by atoms with Crippen molar-refractivity contribution >= 4 is 27.1 Å². The number of nitrogens with one attached hydrogen (secondary N) is 1. The van der Waals surface area contributed by atoms with Gasteiger partial charge >= 0.3 is 0 Å². The number of para-hydroxylation sites is 1. The molecule has 2 rings (SSSR count). The first-order valence-electron chi connectivity index (χ1n) is 5.24. The van der Waals surface area contributed by atoms with Gasteiger partial charge in [0, 0.05) is 0 Å². The lowest BCUT2D eigenvalue weighted by atomic mass is 9.98. The quantitative estimate of drug-likeness (QED) is 0.854. The van der Waals surface area contributed by atoms with E-state index in [0.717, 1.165) is 0 Å². The molecule has 1 aliphatic rings. The second-order valence-electron chi connectivity index (χ2n) is 4.59. The monoisotopic (exact) mass is 275 g/mol. The molecule has 94 valence electrons. The molecule has 1 heterocycles. The fourth-order valence-corrected chi connectivity index (χ4v) is 4.35. The van der Waals surface area contributed by atoms with E-state index < -0.39 is 21.5 Å². The predicted molar refractivity (Wildman–Crippen MR) is 68.1 cm³/mol. The van der Waals surface area contributed by atoms with E-state index >= 15 is 0 Å². The predicted octanol–water partition coefficient (Wildman–Crippen LogP) is 1.30. The smallest absolute Gasteiger partial charge is 0.155 e. The molecule has 6 heteroatoms. The summed E-state index contributed by atoms with van der Waals surface area (Å²) in [5.41, 5.74) is -0.253. The van der Waals surface area contributed by atoms with Crippen molar-refractivity contribution in [2.24, 2.45) is 0 Å². The molecule has 4 nitrogen and oxygen atoms in total. The van der Waals surface area contributed by atoms with Gasteiger partial charge in [-0.3, -0.25) is 0 Å². The van der Waals surface area contributed by atoms with Gasteiger partial charge < -0.3 is 10.4 Å². The maximum absolute atomic E-state index is 11.5. The molecule has 0 aromatic heterocycles. The fraction of sp³-hybridized carbons (Fsp3) is 0.455. The fourth-order valence-electron chi connectivity index (χ4n) is 2.03. The number of halogens is 1. The van der Waals surface area contributed by atoms with Crippen molar-refractivity contribution in [2.45, 2.75) is 18.6 Å². The lowest BCUT2D eigenvalue weighted by Crippen LogP contribution is -2.45. The van der Waals surface area contributed by atoms with Crippen LogP contribution in [0.2, 0.25) is 5.02 Å². The number of rotatable bonds is 2. The van der Waals surface area contributed by atoms with E-state index in [1.165, 1.54) is 0 Å². The summed E-state index contributed by atoms with van der Waals surface area (Å²) in [4.78, 5) is 0. The molecule has 0 spiro atoms. The van der Waals surface area contributed by atoms with Crippen LogP contribution in [0.3, 0.4) is 0 Å². The van der Waals surface area contributed by atoms with Crippen molar-refractivity contribution in [3.8, 4) is 0 Å². The first kappa shape index (κ1) is 12.7. The van der Waals surface area contributed by atoms with Crippen LogP contribution in [-0.4, -0.2) is 36.7 Å². The standard InChI is InChI=1S/C11H14ClNO3S/c1-11(7-17(15,16)6-10(11)14)13-9-5-3-2-4-8(9)12/h2-5,10,13-14H,6-7H2,1H3/t10-,11-/m1/s1. The Morgan fingerprint density at radius 3 is 2.65 bits per heavy atom. The molecular formula is C11H14ClNO3S. The second kappa shape index (κ2) is 4.15. The molecule has 2 N–H and O–H groups in total. The Hall–Kier alpha value is -0.780. The number of sulfone groups is 1. The van der Waals surface area contributed by atoms with Gasteiger partial charge in [-0.15, -0.1) is 0 Å². The van der Waals surface area contributed by atoms with Crippen molar-refractivity contribution < 1.29 is 13.5 Å². The normalized spacial score (nSPS) is 31.4. The van der Waals surface area contributed by atoms with Crippen LogP contribution >= 0.6 is 11.6 Å². The SMILES string of the molecule is C[C@@]1(Nc2ccccc2Cl)CS(=O)(=O)C[C@H]1O. The molecule has 1 fully saturated rings. The lowest BCUT2D eigenvalue weighted by Gasteiger charge is -2.29. The molecule has 1 saturated heterocycles. The minimum atomic E-state index is -3.19. The first-order chi connectivity index (χ1) is 7.82. The van der Waals surface area contributed by atoms with E-state index in [1.54, 1.807) is 31.2 Å². The van der Waals surface area contributed by atoms with Gasteiger partial charge in [-0.05, 0) is 19.1 Å². The number of hydrogen-bond acceptors (Lipinski definition) is 4. The maximum atomic E-state index is 11.5. The molecule has 0 saturated carbocycles. The van der Waals surface area contributed by atoms with Crippen LogP contribution in [0, 0.1) is 0 Å². The number of benzene rings is 1. The van der Waals surface area contributed by atoms with Gasteiger partial charge in [0.05, 0.1) is 33.9 Å². The highest BCUT2D eigenvalue weighted by atomic mass is 35.5. The van der Waals surface area contributed by atoms with Gasteiger partial charge in [0.1, 0.15) is 0 Å². The molecule has 0 bridgehead atoms. The van der Waals surface area contributed by atoms with Crippen molar-refractivity contribution in [1.29, 1.82) is 0 Å². The van der Waals surface area contributed by atoms with Crippen LogP contribution in [0.15, 0.2) is 24.3 Å². The Morgan fingerprint density at radius 1 is 1.47 bits per heavy atom. The largest absolute Gasteiger partial charge is 0.390 e. The second-order valence-corrected chi connectivity index (χ2v) is 7.11. The Morgan fingerprint density at radius 2 is 2.12 bits per heavy atom. The summed E-state index contributed by atoms with van der Waals surface area (Å²) < 4.78 is 23.0. The molecule has 17 heavy (non-hydrogen) atoms. The van der Waals surface area contributed by atoms with Gasteiger partial charge in [-0.25, -0.2) is 8.42 Å². The topological polar surface area (TPSA) is 66.4 Å². The van der Waals surface area contributed by atoms with Gasteiger partial charge in [0.2, 0.25) is 0 Å². The van der Waals surface area contributed by atoms with Gasteiger partial charge in [0.25, 0.3) is 0 Å². The molecule has 0 aliphatic carbocycles. The third kappa shape index (κ3) is 2.56. The Kier molecular flexibility index (Phi) is 3.10. The van der Waals surface area contributed by atoms with Gasteiger partial charge in [-0.1, -0.05) is 23.7 Å². The number of hydrogen-bond donors (Lipinski definition) is 2. The number of aliphatic hydroxyl groups excluding tert-OH is 1. The van der Waals surface area contributed by atoms with E-state index in [1.807, 2.05) is 0 Å².